The number of aromatic nitrogens is 2. The molecule has 0 amide bonds. The van der Waals surface area contributed by atoms with Crippen LogP contribution in [0.15, 0.2) is 18.2 Å². The molecule has 1 aromatic carbocycles. The van der Waals surface area contributed by atoms with Crippen molar-refractivity contribution in [3.05, 3.63) is 29.8 Å². The van der Waals surface area contributed by atoms with Crippen molar-refractivity contribution in [2.45, 2.75) is 37.8 Å². The van der Waals surface area contributed by atoms with E-state index in [-0.39, 0.29) is 18.0 Å². The number of nitrogens with zero attached hydrogens (tertiary/aromatic N) is 2. The summed E-state index contributed by atoms with van der Waals surface area (Å²) in [5, 5.41) is 0. The van der Waals surface area contributed by atoms with Crippen LogP contribution in [0.4, 0.5) is 4.39 Å². The molecule has 3 rings (SSSR count). The van der Waals surface area contributed by atoms with Crippen LogP contribution in [-0.2, 0) is 10.6 Å². The second-order valence-electron chi connectivity index (χ2n) is 4.96. The first-order valence-electron chi connectivity index (χ1n) is 6.54. The van der Waals surface area contributed by atoms with Gasteiger partial charge in [-0.05, 0) is 38.0 Å². The van der Waals surface area contributed by atoms with Gasteiger partial charge in [-0.1, -0.05) is 0 Å². The number of rotatable bonds is 3. The average molecular weight is 283 g/mol. The van der Waals surface area contributed by atoms with Crippen molar-refractivity contribution in [2.24, 2.45) is 0 Å². The molecule has 2 heterocycles. The van der Waals surface area contributed by atoms with Crippen molar-refractivity contribution >= 4 is 22.6 Å². The van der Waals surface area contributed by atoms with Crippen molar-refractivity contribution in [3.8, 4) is 0 Å². The number of halogens is 2. The number of benzene rings is 1. The Bertz CT molecular complexity index is 592. The smallest absolute Gasteiger partial charge is 0.125 e. The Morgan fingerprint density at radius 3 is 3.11 bits per heavy atom. The van der Waals surface area contributed by atoms with E-state index in [1.54, 1.807) is 6.07 Å². The molecule has 2 atom stereocenters. The minimum Gasteiger partial charge on any atom is -0.376 e. The molecular weight excluding hydrogens is 267 g/mol. The molecule has 5 heteroatoms. The minimum absolute atomic E-state index is 0.114. The van der Waals surface area contributed by atoms with Crippen LogP contribution in [0, 0.1) is 5.82 Å². The summed E-state index contributed by atoms with van der Waals surface area (Å²) in [5.41, 5.74) is 1.57. The SMILES string of the molecule is CC(C1CCCO1)n1c(CCl)nc2ccc(F)cc21. The number of fused-ring (bicyclic) bond motifs is 1. The van der Waals surface area contributed by atoms with Crippen LogP contribution < -0.4 is 0 Å². The molecule has 2 aromatic rings. The summed E-state index contributed by atoms with van der Waals surface area (Å²) in [6.45, 7) is 2.88. The van der Waals surface area contributed by atoms with Crippen molar-refractivity contribution in [2.75, 3.05) is 6.61 Å². The zero-order valence-electron chi connectivity index (χ0n) is 10.8. The van der Waals surface area contributed by atoms with E-state index in [2.05, 4.69) is 11.9 Å². The molecule has 2 unspecified atom stereocenters. The van der Waals surface area contributed by atoms with E-state index in [9.17, 15) is 4.39 Å². The Balaban J connectivity index is 2.11. The summed E-state index contributed by atoms with van der Waals surface area (Å²) >= 11 is 5.98. The Hall–Kier alpha value is -1.13. The Labute approximate surface area is 116 Å². The third-order valence-corrected chi connectivity index (χ3v) is 3.99. The largest absolute Gasteiger partial charge is 0.376 e. The van der Waals surface area contributed by atoms with Gasteiger partial charge in [-0.2, -0.15) is 0 Å². The fourth-order valence-electron chi connectivity index (χ4n) is 2.81. The zero-order valence-corrected chi connectivity index (χ0v) is 11.5. The summed E-state index contributed by atoms with van der Waals surface area (Å²) in [5.74, 6) is 0.826. The second kappa shape index (κ2) is 5.10. The van der Waals surface area contributed by atoms with Gasteiger partial charge in [-0.25, -0.2) is 9.37 Å². The first-order valence-corrected chi connectivity index (χ1v) is 7.08. The van der Waals surface area contributed by atoms with Gasteiger partial charge in [-0.3, -0.25) is 0 Å². The van der Waals surface area contributed by atoms with Crippen molar-refractivity contribution in [1.29, 1.82) is 0 Å². The molecule has 0 saturated carbocycles. The van der Waals surface area contributed by atoms with Gasteiger partial charge in [0.1, 0.15) is 11.6 Å². The van der Waals surface area contributed by atoms with E-state index >= 15 is 0 Å². The van der Waals surface area contributed by atoms with E-state index in [1.807, 2.05) is 4.57 Å². The number of alkyl halides is 1. The molecule has 1 fully saturated rings. The van der Waals surface area contributed by atoms with Gasteiger partial charge < -0.3 is 9.30 Å². The maximum atomic E-state index is 13.5. The third-order valence-electron chi connectivity index (χ3n) is 3.75. The lowest BCUT2D eigenvalue weighted by molar-refractivity contribution is 0.0738. The molecule has 0 radical (unpaired) electrons. The summed E-state index contributed by atoms with van der Waals surface area (Å²) in [6.07, 6.45) is 2.26. The number of hydrogen-bond acceptors (Lipinski definition) is 2. The van der Waals surface area contributed by atoms with Crippen LogP contribution in [0.1, 0.15) is 31.6 Å². The standard InChI is InChI=1S/C14H16ClFN2O/c1-9(13-3-2-6-19-13)18-12-7-10(16)4-5-11(12)17-14(18)8-15/h4-5,7,9,13H,2-3,6,8H2,1H3. The van der Waals surface area contributed by atoms with E-state index in [0.717, 1.165) is 36.3 Å². The predicted octanol–water partition coefficient (Wildman–Crippen LogP) is 3.65. The first kappa shape index (κ1) is 12.9. The van der Waals surface area contributed by atoms with Gasteiger partial charge in [-0.15, -0.1) is 11.6 Å². The summed E-state index contributed by atoms with van der Waals surface area (Å²) in [4.78, 5) is 4.47. The fraction of sp³-hybridized carbons (Fsp3) is 0.500. The molecule has 1 aliphatic rings. The van der Waals surface area contributed by atoms with Crippen molar-refractivity contribution in [3.63, 3.8) is 0 Å². The highest BCUT2D eigenvalue weighted by atomic mass is 35.5. The summed E-state index contributed by atoms with van der Waals surface area (Å²) in [6, 6.07) is 4.75. The van der Waals surface area contributed by atoms with Gasteiger partial charge in [0.15, 0.2) is 0 Å². The zero-order chi connectivity index (χ0) is 13.4. The highest BCUT2D eigenvalue weighted by Gasteiger charge is 2.26. The molecule has 0 N–H and O–H groups in total. The van der Waals surface area contributed by atoms with E-state index in [0.29, 0.717) is 5.88 Å². The molecular formula is C14H16ClFN2O. The summed E-state index contributed by atoms with van der Waals surface area (Å²) in [7, 11) is 0. The predicted molar refractivity (Wildman–Crippen MR) is 72.9 cm³/mol. The molecule has 19 heavy (non-hydrogen) atoms. The van der Waals surface area contributed by atoms with Gasteiger partial charge >= 0.3 is 0 Å². The lowest BCUT2D eigenvalue weighted by Gasteiger charge is -2.22. The van der Waals surface area contributed by atoms with Crippen molar-refractivity contribution < 1.29 is 9.13 Å². The number of ether oxygens (including phenoxy) is 1. The Morgan fingerprint density at radius 2 is 2.42 bits per heavy atom. The molecule has 102 valence electrons. The van der Waals surface area contributed by atoms with E-state index in [1.165, 1.54) is 12.1 Å². The third kappa shape index (κ3) is 2.23. The van der Waals surface area contributed by atoms with Gasteiger partial charge in [0, 0.05) is 6.61 Å². The van der Waals surface area contributed by atoms with Crippen LogP contribution in [0.2, 0.25) is 0 Å². The minimum atomic E-state index is -0.255. The maximum absolute atomic E-state index is 13.5. The van der Waals surface area contributed by atoms with Gasteiger partial charge in [0.25, 0.3) is 0 Å². The van der Waals surface area contributed by atoms with E-state index in [4.69, 9.17) is 16.3 Å². The van der Waals surface area contributed by atoms with Gasteiger partial charge in [0.05, 0.1) is 29.1 Å². The second-order valence-corrected chi connectivity index (χ2v) is 5.22. The van der Waals surface area contributed by atoms with Crippen LogP contribution in [-0.4, -0.2) is 22.3 Å². The highest BCUT2D eigenvalue weighted by molar-refractivity contribution is 6.16. The first-order chi connectivity index (χ1) is 9.20. The normalized spacial score (nSPS) is 21.1. The van der Waals surface area contributed by atoms with E-state index < -0.39 is 0 Å². The molecule has 3 nitrogen and oxygen atoms in total. The highest BCUT2D eigenvalue weighted by Crippen LogP contribution is 2.30. The number of imidazole rings is 1. The van der Waals surface area contributed by atoms with Crippen LogP contribution >= 0.6 is 11.6 Å². The van der Waals surface area contributed by atoms with Crippen molar-refractivity contribution in [1.82, 2.24) is 9.55 Å². The monoisotopic (exact) mass is 282 g/mol. The van der Waals surface area contributed by atoms with Crippen LogP contribution in [0.5, 0.6) is 0 Å². The van der Waals surface area contributed by atoms with Gasteiger partial charge in [0.2, 0.25) is 0 Å². The molecule has 1 aliphatic heterocycles. The lowest BCUT2D eigenvalue weighted by Crippen LogP contribution is -2.22. The molecule has 1 saturated heterocycles. The molecule has 0 bridgehead atoms. The maximum Gasteiger partial charge on any atom is 0.125 e. The topological polar surface area (TPSA) is 27.1 Å². The quantitative estimate of drug-likeness (QED) is 0.804. The Morgan fingerprint density at radius 1 is 1.58 bits per heavy atom. The average Bonchev–Trinajstić information content (AvgIpc) is 3.04. The molecule has 0 spiro atoms. The fourth-order valence-corrected chi connectivity index (χ4v) is 3.00. The number of hydrogen-bond donors (Lipinski definition) is 0. The lowest BCUT2D eigenvalue weighted by atomic mass is 10.1. The molecule has 1 aromatic heterocycles. The molecule has 0 aliphatic carbocycles. The summed E-state index contributed by atoms with van der Waals surface area (Å²) < 4.78 is 21.2. The Kier molecular flexibility index (Phi) is 3.46. The van der Waals surface area contributed by atoms with Crippen LogP contribution in [0.25, 0.3) is 11.0 Å². The van der Waals surface area contributed by atoms with Crippen LogP contribution in [0.3, 0.4) is 0 Å².